The summed E-state index contributed by atoms with van der Waals surface area (Å²) in [4.78, 5) is 18.7. The van der Waals surface area contributed by atoms with Gasteiger partial charge < -0.3 is 20.3 Å². The van der Waals surface area contributed by atoms with Crippen molar-refractivity contribution < 1.29 is 9.13 Å². The first-order chi connectivity index (χ1) is 18.1. The Morgan fingerprint density at radius 3 is 2.62 bits per heavy atom. The van der Waals surface area contributed by atoms with Crippen LogP contribution in [-0.2, 0) is 0 Å². The lowest BCUT2D eigenvalue weighted by Crippen LogP contribution is -2.74. The first kappa shape index (κ1) is 25.2. The minimum absolute atomic E-state index is 0.239. The molecule has 198 valence electrons. The van der Waals surface area contributed by atoms with Gasteiger partial charge in [0.2, 0.25) is 24.7 Å². The summed E-state index contributed by atoms with van der Waals surface area (Å²) in [5, 5.41) is 9.94. The van der Waals surface area contributed by atoms with Gasteiger partial charge in [-0.1, -0.05) is 37.8 Å². The second-order valence-corrected chi connectivity index (χ2v) is 9.63. The van der Waals surface area contributed by atoms with E-state index in [1.165, 1.54) is 25.7 Å². The fourth-order valence-corrected chi connectivity index (χ4v) is 5.07. The summed E-state index contributed by atoms with van der Waals surface area (Å²) in [5.74, 6) is 1.29. The number of benzene rings is 1. The molecule has 5 rings (SSSR count). The molecule has 3 aliphatic rings. The van der Waals surface area contributed by atoms with Crippen LogP contribution in [0.2, 0.25) is 0 Å². The molecule has 1 saturated heterocycles. The minimum Gasteiger partial charge on any atom is -0.463 e. The van der Waals surface area contributed by atoms with Crippen molar-refractivity contribution in [2.75, 3.05) is 43.3 Å². The lowest BCUT2D eigenvalue weighted by molar-refractivity contribution is 0.0755. The van der Waals surface area contributed by atoms with E-state index in [0.717, 1.165) is 31.7 Å². The Morgan fingerprint density at radius 2 is 1.89 bits per heavy atom. The SMILES string of the molecule is NC1(N2CCN(c3ccccn3)CC2)N=C(Nc2cccc(OCF)c2)NC(=NC2CCCCCC2)N1. The van der Waals surface area contributed by atoms with E-state index in [4.69, 9.17) is 20.5 Å². The van der Waals surface area contributed by atoms with Gasteiger partial charge in [0.05, 0.1) is 6.04 Å². The number of nitrogens with two attached hydrogens (primary N) is 1. The number of halogens is 1. The first-order valence-corrected chi connectivity index (χ1v) is 13.1. The number of hydrogen-bond acceptors (Lipinski definition) is 8. The number of guanidine groups is 2. The van der Waals surface area contributed by atoms with Gasteiger partial charge in [-0.25, -0.2) is 19.3 Å². The third-order valence-corrected chi connectivity index (χ3v) is 7.01. The van der Waals surface area contributed by atoms with E-state index in [-0.39, 0.29) is 6.04 Å². The average Bonchev–Trinajstić information content (AvgIpc) is 3.18. The van der Waals surface area contributed by atoms with Crippen molar-refractivity contribution >= 4 is 23.4 Å². The third kappa shape index (κ3) is 6.47. The van der Waals surface area contributed by atoms with E-state index < -0.39 is 12.8 Å². The number of anilines is 2. The molecule has 1 saturated carbocycles. The Labute approximate surface area is 217 Å². The number of rotatable bonds is 6. The van der Waals surface area contributed by atoms with Crippen molar-refractivity contribution in [1.29, 1.82) is 0 Å². The van der Waals surface area contributed by atoms with E-state index in [1.54, 1.807) is 18.2 Å². The van der Waals surface area contributed by atoms with Crippen molar-refractivity contribution in [3.63, 3.8) is 0 Å². The zero-order valence-electron chi connectivity index (χ0n) is 21.1. The second-order valence-electron chi connectivity index (χ2n) is 9.63. The predicted molar refractivity (Wildman–Crippen MR) is 144 cm³/mol. The summed E-state index contributed by atoms with van der Waals surface area (Å²) in [5.41, 5.74) is 7.63. The van der Waals surface area contributed by atoms with Crippen LogP contribution >= 0.6 is 0 Å². The molecule has 2 aromatic rings. The van der Waals surface area contributed by atoms with E-state index in [9.17, 15) is 4.39 Å². The van der Waals surface area contributed by atoms with Crippen LogP contribution in [0.4, 0.5) is 15.9 Å². The summed E-state index contributed by atoms with van der Waals surface area (Å²) < 4.78 is 17.7. The molecule has 0 bridgehead atoms. The maximum Gasteiger partial charge on any atom is 0.250 e. The maximum atomic E-state index is 12.7. The molecular formula is C26H36FN9O. The molecule has 37 heavy (non-hydrogen) atoms. The van der Waals surface area contributed by atoms with Gasteiger partial charge in [0.1, 0.15) is 11.6 Å². The zero-order chi connectivity index (χ0) is 25.5. The number of pyridine rings is 1. The molecule has 2 aliphatic heterocycles. The van der Waals surface area contributed by atoms with Crippen LogP contribution in [-0.4, -0.2) is 66.8 Å². The van der Waals surface area contributed by atoms with Gasteiger partial charge in [0, 0.05) is 44.1 Å². The van der Waals surface area contributed by atoms with Crippen molar-refractivity contribution in [1.82, 2.24) is 20.5 Å². The minimum atomic E-state index is -1.18. The van der Waals surface area contributed by atoms with Gasteiger partial charge in [-0.3, -0.25) is 11.1 Å². The monoisotopic (exact) mass is 509 g/mol. The van der Waals surface area contributed by atoms with Crippen LogP contribution in [0, 0.1) is 0 Å². The highest BCUT2D eigenvalue weighted by atomic mass is 19.1. The van der Waals surface area contributed by atoms with Crippen LogP contribution in [0.15, 0.2) is 58.6 Å². The highest BCUT2D eigenvalue weighted by Crippen LogP contribution is 2.22. The Kier molecular flexibility index (Phi) is 8.00. The normalized spacial score (nSPS) is 24.5. The van der Waals surface area contributed by atoms with Crippen LogP contribution in [0.25, 0.3) is 0 Å². The van der Waals surface area contributed by atoms with E-state index >= 15 is 0 Å². The quantitative estimate of drug-likeness (QED) is 0.440. The molecule has 1 aliphatic carbocycles. The number of nitrogens with one attached hydrogen (secondary N) is 3. The highest BCUT2D eigenvalue weighted by molar-refractivity contribution is 6.07. The van der Waals surface area contributed by atoms with E-state index in [2.05, 4.69) is 30.7 Å². The molecular weight excluding hydrogens is 473 g/mol. The summed E-state index contributed by atoms with van der Waals surface area (Å²) in [6, 6.07) is 13.3. The molecule has 5 N–H and O–H groups in total. The Balaban J connectivity index is 1.36. The lowest BCUT2D eigenvalue weighted by Gasteiger charge is -2.45. The standard InChI is InChI=1S/C26H36FN9O/c27-19-37-22-11-7-10-21(18-22)31-25-32-24(30-20-8-3-1-2-4-9-20)33-26(28,34-25)36-16-14-35(15-17-36)23-12-5-6-13-29-23/h5-7,10-13,18,20H,1-4,8-9,14-17,19,28H2,(H3,30,31,32,33,34). The van der Waals surface area contributed by atoms with Crippen LogP contribution in [0.5, 0.6) is 5.75 Å². The van der Waals surface area contributed by atoms with Crippen molar-refractivity contribution in [2.24, 2.45) is 15.7 Å². The van der Waals surface area contributed by atoms with Gasteiger partial charge in [-0.05, 0) is 37.1 Å². The van der Waals surface area contributed by atoms with Gasteiger partial charge >= 0.3 is 0 Å². The van der Waals surface area contributed by atoms with Crippen LogP contribution < -0.4 is 31.3 Å². The Morgan fingerprint density at radius 1 is 1.08 bits per heavy atom. The fraction of sp³-hybridized carbons (Fsp3) is 0.500. The lowest BCUT2D eigenvalue weighted by atomic mass is 10.1. The maximum absolute atomic E-state index is 12.7. The van der Waals surface area contributed by atoms with Crippen molar-refractivity contribution in [3.05, 3.63) is 48.7 Å². The third-order valence-electron chi connectivity index (χ3n) is 7.01. The van der Waals surface area contributed by atoms with E-state index in [1.807, 2.05) is 30.5 Å². The molecule has 1 aromatic heterocycles. The van der Waals surface area contributed by atoms with Crippen LogP contribution in [0.1, 0.15) is 38.5 Å². The number of aromatic nitrogens is 1. The first-order valence-electron chi connectivity index (χ1n) is 13.1. The fourth-order valence-electron chi connectivity index (χ4n) is 5.07. The molecule has 10 nitrogen and oxygen atoms in total. The molecule has 2 fully saturated rings. The summed E-state index contributed by atoms with van der Waals surface area (Å²) in [6.07, 6.45) is 8.83. The van der Waals surface area contributed by atoms with Gasteiger partial charge in [0.15, 0.2) is 0 Å². The molecule has 0 spiro atoms. The molecule has 3 heterocycles. The van der Waals surface area contributed by atoms with Gasteiger partial charge in [0.25, 0.3) is 0 Å². The largest absolute Gasteiger partial charge is 0.463 e. The number of ether oxygens (including phenoxy) is 1. The summed E-state index contributed by atoms with van der Waals surface area (Å²) >= 11 is 0. The average molecular weight is 510 g/mol. The molecule has 1 unspecified atom stereocenters. The highest BCUT2D eigenvalue weighted by Gasteiger charge is 2.39. The summed E-state index contributed by atoms with van der Waals surface area (Å²) in [7, 11) is 0. The number of hydrogen-bond donors (Lipinski definition) is 4. The molecule has 1 aromatic carbocycles. The Hall–Kier alpha value is -3.44. The molecule has 0 radical (unpaired) electrons. The number of aliphatic imine (C=N–C) groups is 2. The van der Waals surface area contributed by atoms with Crippen LogP contribution in [0.3, 0.4) is 0 Å². The molecule has 0 amide bonds. The smallest absolute Gasteiger partial charge is 0.250 e. The second kappa shape index (κ2) is 11.7. The van der Waals surface area contributed by atoms with Crippen molar-refractivity contribution in [2.45, 2.75) is 50.5 Å². The number of alkyl halides is 1. The molecule has 11 heteroatoms. The van der Waals surface area contributed by atoms with E-state index in [0.29, 0.717) is 36.4 Å². The predicted octanol–water partition coefficient (Wildman–Crippen LogP) is 2.82. The number of piperazine rings is 1. The molecule has 1 atom stereocenters. The zero-order valence-corrected chi connectivity index (χ0v) is 21.1. The van der Waals surface area contributed by atoms with Crippen molar-refractivity contribution in [3.8, 4) is 5.75 Å². The van der Waals surface area contributed by atoms with Gasteiger partial charge in [-0.15, -0.1) is 0 Å². The number of nitrogens with zero attached hydrogens (tertiary/aromatic N) is 5. The summed E-state index contributed by atoms with van der Waals surface area (Å²) in [6.45, 7) is 2.07. The topological polar surface area (TPSA) is 115 Å². The van der Waals surface area contributed by atoms with Gasteiger partial charge in [-0.2, -0.15) is 4.99 Å². The Bertz CT molecular complexity index is 1080.